The zero-order chi connectivity index (χ0) is 17.6. The fourth-order valence-corrected chi connectivity index (χ4v) is 3.08. The smallest absolute Gasteiger partial charge is 0.264 e. The van der Waals surface area contributed by atoms with Crippen molar-refractivity contribution in [3.8, 4) is 5.75 Å². The molecule has 5 heteroatoms. The minimum Gasteiger partial charge on any atom is -0.490 e. The summed E-state index contributed by atoms with van der Waals surface area (Å²) in [5.41, 5.74) is 1.70. The molecular weight excluding hydrogens is 332 g/mol. The fourth-order valence-electron chi connectivity index (χ4n) is 2.25. The van der Waals surface area contributed by atoms with Crippen LogP contribution in [0.25, 0.3) is 6.08 Å². The van der Waals surface area contributed by atoms with Gasteiger partial charge in [0.2, 0.25) is 0 Å². The average molecular weight is 352 g/mol. The Labute approximate surface area is 152 Å². The van der Waals surface area contributed by atoms with Crippen LogP contribution in [0.1, 0.15) is 25.8 Å². The van der Waals surface area contributed by atoms with E-state index >= 15 is 0 Å². The number of amides is 1. The lowest BCUT2D eigenvalue weighted by Crippen LogP contribution is -2.19. The van der Waals surface area contributed by atoms with Gasteiger partial charge in [-0.2, -0.15) is 0 Å². The van der Waals surface area contributed by atoms with E-state index < -0.39 is 0 Å². The zero-order valence-electron chi connectivity index (χ0n) is 14.2. The second-order valence-electron chi connectivity index (χ2n) is 5.69. The summed E-state index contributed by atoms with van der Waals surface area (Å²) in [4.78, 5) is 17.3. The minimum absolute atomic E-state index is 0.125. The van der Waals surface area contributed by atoms with Crippen LogP contribution in [0, 0.1) is 0 Å². The van der Waals surface area contributed by atoms with E-state index in [1.54, 1.807) is 0 Å². The number of carbonyl (C=O) groups excluding carboxylic acids is 1. The molecular formula is C20H20N2O2S. The molecule has 1 heterocycles. The van der Waals surface area contributed by atoms with Gasteiger partial charge >= 0.3 is 0 Å². The molecule has 1 aliphatic rings. The van der Waals surface area contributed by atoms with Gasteiger partial charge in [-0.3, -0.25) is 4.79 Å². The number of carbonyl (C=O) groups is 1. The van der Waals surface area contributed by atoms with E-state index in [1.807, 2.05) is 67.6 Å². The van der Waals surface area contributed by atoms with Gasteiger partial charge in [-0.1, -0.05) is 43.3 Å². The van der Waals surface area contributed by atoms with Crippen LogP contribution in [0.15, 0.2) is 64.5 Å². The van der Waals surface area contributed by atoms with Crippen LogP contribution in [0.5, 0.6) is 5.75 Å². The van der Waals surface area contributed by atoms with Crippen molar-refractivity contribution in [3.05, 3.63) is 65.1 Å². The second kappa shape index (κ2) is 8.03. The Balaban J connectivity index is 1.83. The van der Waals surface area contributed by atoms with Crippen molar-refractivity contribution in [1.29, 1.82) is 0 Å². The lowest BCUT2D eigenvalue weighted by Gasteiger charge is -2.14. The number of aliphatic imine (C=N–C) groups is 1. The number of benzene rings is 2. The summed E-state index contributed by atoms with van der Waals surface area (Å²) in [6.07, 6.45) is 2.90. The van der Waals surface area contributed by atoms with Gasteiger partial charge in [0, 0.05) is 5.56 Å². The third kappa shape index (κ3) is 4.51. The van der Waals surface area contributed by atoms with Crippen LogP contribution in [-0.4, -0.2) is 17.2 Å². The zero-order valence-corrected chi connectivity index (χ0v) is 15.0. The summed E-state index contributed by atoms with van der Waals surface area (Å²) in [6.45, 7) is 4.11. The molecule has 25 heavy (non-hydrogen) atoms. The molecule has 1 atom stereocenters. The molecule has 128 valence electrons. The lowest BCUT2D eigenvalue weighted by atomic mass is 10.1. The Kier molecular flexibility index (Phi) is 5.56. The Bertz CT molecular complexity index is 815. The maximum Gasteiger partial charge on any atom is 0.264 e. The molecule has 0 bridgehead atoms. The summed E-state index contributed by atoms with van der Waals surface area (Å²) < 4.78 is 5.95. The van der Waals surface area contributed by atoms with E-state index in [1.165, 1.54) is 11.8 Å². The molecule has 0 saturated carbocycles. The van der Waals surface area contributed by atoms with Crippen LogP contribution >= 0.6 is 11.8 Å². The van der Waals surface area contributed by atoms with E-state index in [-0.39, 0.29) is 12.0 Å². The largest absolute Gasteiger partial charge is 0.490 e. The van der Waals surface area contributed by atoms with Crippen molar-refractivity contribution >= 4 is 34.6 Å². The number of thioether (sulfide) groups is 1. The molecule has 1 aliphatic heterocycles. The van der Waals surface area contributed by atoms with Crippen molar-refractivity contribution in [2.24, 2.45) is 4.99 Å². The molecule has 2 aromatic carbocycles. The third-order valence-corrected chi connectivity index (χ3v) is 4.66. The summed E-state index contributed by atoms with van der Waals surface area (Å²) in [7, 11) is 0. The molecule has 0 aliphatic carbocycles. The highest BCUT2D eigenvalue weighted by Gasteiger charge is 2.24. The number of hydrogen-bond donors (Lipinski definition) is 1. The number of para-hydroxylation sites is 2. The van der Waals surface area contributed by atoms with E-state index in [4.69, 9.17) is 4.74 Å². The highest BCUT2D eigenvalue weighted by molar-refractivity contribution is 8.18. The van der Waals surface area contributed by atoms with Crippen LogP contribution in [0.4, 0.5) is 5.69 Å². The quantitative estimate of drug-likeness (QED) is 0.790. The highest BCUT2D eigenvalue weighted by atomic mass is 32.2. The molecule has 1 amide bonds. The van der Waals surface area contributed by atoms with Crippen LogP contribution in [-0.2, 0) is 4.79 Å². The van der Waals surface area contributed by atoms with Gasteiger partial charge < -0.3 is 10.1 Å². The standard InChI is InChI=1S/C20H20N2O2S/c1-3-14(2)24-17-12-8-7-9-15(17)13-18-19(23)22-20(25-18)21-16-10-5-4-6-11-16/h4-14H,3H2,1-2H3,(H,21,22,23)/b18-13-/t14-/m1/s1. The topological polar surface area (TPSA) is 50.7 Å². The van der Waals surface area contributed by atoms with Gasteiger partial charge in [-0.05, 0) is 49.4 Å². The molecule has 0 unspecified atom stereocenters. The maximum absolute atomic E-state index is 12.2. The predicted molar refractivity (Wildman–Crippen MR) is 104 cm³/mol. The van der Waals surface area contributed by atoms with Gasteiger partial charge in [0.05, 0.1) is 16.7 Å². The first-order valence-corrected chi connectivity index (χ1v) is 9.07. The number of nitrogens with one attached hydrogen (secondary N) is 1. The maximum atomic E-state index is 12.2. The van der Waals surface area contributed by atoms with Gasteiger partial charge in [0.1, 0.15) is 5.75 Å². The first-order valence-electron chi connectivity index (χ1n) is 8.26. The molecule has 2 aromatic rings. The highest BCUT2D eigenvalue weighted by Crippen LogP contribution is 2.30. The van der Waals surface area contributed by atoms with Crippen molar-refractivity contribution < 1.29 is 9.53 Å². The Morgan fingerprint density at radius 3 is 2.64 bits per heavy atom. The average Bonchev–Trinajstić information content (AvgIpc) is 2.96. The summed E-state index contributed by atoms with van der Waals surface area (Å²) in [5, 5.41) is 3.39. The van der Waals surface area contributed by atoms with Crippen LogP contribution < -0.4 is 10.1 Å². The first-order chi connectivity index (χ1) is 12.2. The molecule has 0 spiro atoms. The number of rotatable bonds is 5. The Morgan fingerprint density at radius 2 is 1.88 bits per heavy atom. The van der Waals surface area contributed by atoms with Crippen molar-refractivity contribution in [1.82, 2.24) is 5.32 Å². The van der Waals surface area contributed by atoms with Crippen molar-refractivity contribution in [2.75, 3.05) is 0 Å². The molecule has 0 aromatic heterocycles. The SMILES string of the molecule is CC[C@@H](C)Oc1ccccc1/C=C1\SC(=Nc2ccccc2)NC1=O. The van der Waals surface area contributed by atoms with Gasteiger partial charge in [-0.25, -0.2) is 4.99 Å². The van der Waals surface area contributed by atoms with Crippen molar-refractivity contribution in [3.63, 3.8) is 0 Å². The predicted octanol–water partition coefficient (Wildman–Crippen LogP) is 4.76. The monoisotopic (exact) mass is 352 g/mol. The summed E-state index contributed by atoms with van der Waals surface area (Å²) >= 11 is 1.34. The lowest BCUT2D eigenvalue weighted by molar-refractivity contribution is -0.115. The van der Waals surface area contributed by atoms with Crippen LogP contribution in [0.3, 0.4) is 0 Å². The van der Waals surface area contributed by atoms with E-state index in [9.17, 15) is 4.79 Å². The van der Waals surface area contributed by atoms with Gasteiger partial charge in [0.15, 0.2) is 5.17 Å². The number of ether oxygens (including phenoxy) is 1. The molecule has 0 radical (unpaired) electrons. The Morgan fingerprint density at radius 1 is 1.16 bits per heavy atom. The number of nitrogens with zero attached hydrogens (tertiary/aromatic N) is 1. The van der Waals surface area contributed by atoms with Crippen molar-refractivity contribution in [2.45, 2.75) is 26.4 Å². The van der Waals surface area contributed by atoms with Crippen LogP contribution in [0.2, 0.25) is 0 Å². The number of hydrogen-bond acceptors (Lipinski definition) is 4. The molecule has 1 N–H and O–H groups in total. The minimum atomic E-state index is -0.141. The molecule has 4 nitrogen and oxygen atoms in total. The molecule has 3 rings (SSSR count). The number of amidine groups is 1. The molecule has 1 fully saturated rings. The Hall–Kier alpha value is -2.53. The normalized spacial score (nSPS) is 18.4. The van der Waals surface area contributed by atoms with Gasteiger partial charge in [-0.15, -0.1) is 0 Å². The summed E-state index contributed by atoms with van der Waals surface area (Å²) in [5.74, 6) is 0.643. The van der Waals surface area contributed by atoms with Gasteiger partial charge in [0.25, 0.3) is 5.91 Å². The third-order valence-electron chi connectivity index (χ3n) is 3.75. The van der Waals surface area contributed by atoms with E-state index in [0.29, 0.717) is 10.1 Å². The molecule has 1 saturated heterocycles. The summed E-state index contributed by atoms with van der Waals surface area (Å²) in [6, 6.07) is 17.3. The fraction of sp³-hybridized carbons (Fsp3) is 0.200. The second-order valence-corrected chi connectivity index (χ2v) is 6.72. The van der Waals surface area contributed by atoms with E-state index in [2.05, 4.69) is 17.2 Å². The first kappa shape index (κ1) is 17.3. The van der Waals surface area contributed by atoms with E-state index in [0.717, 1.165) is 23.4 Å².